The highest BCUT2D eigenvalue weighted by atomic mass is 32.1. The largest absolute Gasteiger partial charge is 0.486 e. The molecule has 5 aliphatic rings. The van der Waals surface area contributed by atoms with Crippen molar-refractivity contribution in [1.29, 1.82) is 0 Å². The number of furan rings is 1. The molecule has 2 fully saturated rings. The zero-order valence-electron chi connectivity index (χ0n) is 56.1. The predicted molar refractivity (Wildman–Crippen MR) is 414 cm³/mol. The summed E-state index contributed by atoms with van der Waals surface area (Å²) in [5.41, 5.74) is 27.7. The van der Waals surface area contributed by atoms with Crippen LogP contribution in [0.15, 0.2) is 271 Å². The number of hydrogen-bond donors (Lipinski definition) is 0. The maximum absolute atomic E-state index is 7.21. The highest BCUT2D eigenvalue weighted by Gasteiger charge is 2.56. The summed E-state index contributed by atoms with van der Waals surface area (Å²) in [5.74, 6) is 1.89. The number of para-hydroxylation sites is 4. The van der Waals surface area contributed by atoms with Crippen LogP contribution in [0.4, 0.5) is 51.2 Å². The van der Waals surface area contributed by atoms with Gasteiger partial charge in [0.25, 0.3) is 6.71 Å². The highest BCUT2D eigenvalue weighted by molar-refractivity contribution is 7.33. The Morgan fingerprint density at radius 1 is 0.480 bits per heavy atom. The van der Waals surface area contributed by atoms with Crippen LogP contribution in [0.1, 0.15) is 114 Å². The fourth-order valence-electron chi connectivity index (χ4n) is 18.0. The van der Waals surface area contributed by atoms with E-state index in [9.17, 15) is 0 Å². The molecule has 5 heterocycles. The van der Waals surface area contributed by atoms with Crippen LogP contribution in [0.3, 0.4) is 0 Å². The van der Waals surface area contributed by atoms with Gasteiger partial charge in [0.1, 0.15) is 22.5 Å². The van der Waals surface area contributed by atoms with Gasteiger partial charge in [-0.05, 0) is 192 Å². The van der Waals surface area contributed by atoms with Crippen LogP contribution in [-0.4, -0.2) is 12.3 Å². The van der Waals surface area contributed by atoms with Gasteiger partial charge in [0, 0.05) is 81.7 Å². The fourth-order valence-corrected chi connectivity index (χ4v) is 19.3. The minimum Gasteiger partial charge on any atom is -0.486 e. The van der Waals surface area contributed by atoms with E-state index in [0.29, 0.717) is 11.8 Å². The Labute approximate surface area is 579 Å². The van der Waals surface area contributed by atoms with Gasteiger partial charge in [-0.2, -0.15) is 0 Å². The van der Waals surface area contributed by atoms with Gasteiger partial charge in [-0.15, -0.1) is 11.3 Å². The van der Waals surface area contributed by atoms with Crippen molar-refractivity contribution in [3.63, 3.8) is 0 Å². The van der Waals surface area contributed by atoms with Crippen molar-refractivity contribution in [2.45, 2.75) is 108 Å². The summed E-state index contributed by atoms with van der Waals surface area (Å²) in [6.07, 6.45) is 10.7. The van der Waals surface area contributed by atoms with Crippen molar-refractivity contribution in [2.75, 3.05) is 14.7 Å². The lowest BCUT2D eigenvalue weighted by atomic mass is 9.36. The number of ether oxygens (including phenoxy) is 1. The summed E-state index contributed by atoms with van der Waals surface area (Å²) < 4.78 is 16.4. The van der Waals surface area contributed by atoms with E-state index in [4.69, 9.17) is 9.15 Å². The van der Waals surface area contributed by atoms with Crippen LogP contribution >= 0.6 is 11.3 Å². The molecule has 2 saturated carbocycles. The smallest absolute Gasteiger partial charge is 0.264 e. The Hall–Kier alpha value is -10.3. The summed E-state index contributed by atoms with van der Waals surface area (Å²) in [5, 5.41) is 3.50. The van der Waals surface area contributed by atoms with Gasteiger partial charge < -0.3 is 23.9 Å². The molecule has 7 heteroatoms. The molecule has 0 amide bonds. The van der Waals surface area contributed by atoms with E-state index >= 15 is 0 Å². The number of hydrogen-bond acceptors (Lipinski definition) is 6. The SMILES string of the molecule is CC(C)c1ccc2c3c(sc2c1)B1c2ccc(N(c4ccccc4-c4ccccc4)c4ccccc4-c4cccc5c4C4(C)CCCCC4(C)O5)cc2N(c2ccc(C4CCCCC4)cc2-c2ccccc2)c2cc(-c4ccc5oc6ccccc6c5c4)cc(c21)N3c1ccccc1. The third kappa shape index (κ3) is 9.25. The molecule has 476 valence electrons. The Bertz CT molecular complexity index is 5480. The van der Waals surface area contributed by atoms with E-state index < -0.39 is 0 Å². The van der Waals surface area contributed by atoms with Crippen LogP contribution in [0.2, 0.25) is 0 Å². The standard InChI is InChI=1S/C91H76BN3O2S/c1-58(2)62-42-46-72-85(56-62)98-89-88(72)94(66-32-15-8-16-33-66)80-54-65(64-44-49-83-74(53-64)70-36-19-22-40-82(70)96-83)55-81-87(80)92(89)75-47-45-67(57-79(75)95(81)78-48-43-63(59-26-9-5-10-27-59)52-73(78)61-30-13-7-14-31-61)93(76-38-20-17-34-68(76)60-28-11-6-12-29-60)77-39-21-18-35-69(77)71-37-25-41-84-86(71)90(3)50-23-24-51-91(90,4)97-84/h6-8,11-22,25,28-49,52-59H,5,9-10,23-24,26-27,50-51H2,1-4H3. The predicted octanol–water partition coefficient (Wildman–Crippen LogP) is 24.2. The van der Waals surface area contributed by atoms with Gasteiger partial charge >= 0.3 is 0 Å². The van der Waals surface area contributed by atoms with Crippen molar-refractivity contribution in [3.8, 4) is 50.3 Å². The quantitative estimate of drug-likeness (QED) is 0.121. The summed E-state index contributed by atoms with van der Waals surface area (Å²) in [6.45, 7) is 9.36. The zero-order chi connectivity index (χ0) is 65.4. The Morgan fingerprint density at radius 3 is 1.94 bits per heavy atom. The van der Waals surface area contributed by atoms with Gasteiger partial charge in [0.05, 0.1) is 22.7 Å². The molecule has 0 radical (unpaired) electrons. The molecular formula is C91H76BN3O2S. The number of fused-ring (bicyclic) bond motifs is 12. The first-order valence-electron chi connectivity index (χ1n) is 35.7. The Kier molecular flexibility index (Phi) is 13.9. The number of rotatable bonds is 11. The van der Waals surface area contributed by atoms with Crippen molar-refractivity contribution >= 4 is 117 Å². The molecule has 2 unspecified atom stereocenters. The molecule has 12 aromatic carbocycles. The minimum atomic E-state index is -0.300. The molecule has 0 bridgehead atoms. The highest BCUT2D eigenvalue weighted by Crippen LogP contribution is 2.61. The van der Waals surface area contributed by atoms with Crippen molar-refractivity contribution in [2.24, 2.45) is 0 Å². The molecule has 0 saturated heterocycles. The maximum Gasteiger partial charge on any atom is 0.264 e. The molecule has 0 spiro atoms. The lowest BCUT2D eigenvalue weighted by molar-refractivity contribution is 0.00749. The molecule has 5 nitrogen and oxygen atoms in total. The third-order valence-corrected chi connectivity index (χ3v) is 24.3. The molecule has 14 aromatic rings. The first-order chi connectivity index (χ1) is 48.2. The van der Waals surface area contributed by atoms with E-state index in [1.54, 1.807) is 0 Å². The molecule has 19 rings (SSSR count). The van der Waals surface area contributed by atoms with Crippen molar-refractivity contribution < 1.29 is 9.15 Å². The van der Waals surface area contributed by atoms with Crippen molar-refractivity contribution in [1.82, 2.24) is 0 Å². The number of nitrogens with zero attached hydrogens (tertiary/aromatic N) is 3. The van der Waals surface area contributed by atoms with Crippen LogP contribution in [0, 0.1) is 0 Å². The summed E-state index contributed by atoms with van der Waals surface area (Å²) >= 11 is 1.98. The normalized spacial score (nSPS) is 17.8. The second-order valence-corrected chi connectivity index (χ2v) is 30.0. The van der Waals surface area contributed by atoms with Crippen molar-refractivity contribution in [3.05, 3.63) is 284 Å². The lowest BCUT2D eigenvalue weighted by Gasteiger charge is -2.44. The monoisotopic (exact) mass is 1290 g/mol. The van der Waals surface area contributed by atoms with Crippen LogP contribution in [-0.2, 0) is 5.41 Å². The average Bonchev–Trinajstić information content (AvgIpc) is 1.26. The second kappa shape index (κ2) is 23.2. The first kappa shape index (κ1) is 59.0. The molecule has 3 aliphatic heterocycles. The molecule has 98 heavy (non-hydrogen) atoms. The topological polar surface area (TPSA) is 32.1 Å². The summed E-state index contributed by atoms with van der Waals surface area (Å²) in [7, 11) is 0. The van der Waals surface area contributed by atoms with E-state index in [2.05, 4.69) is 309 Å². The maximum atomic E-state index is 7.21. The van der Waals surface area contributed by atoms with E-state index in [0.717, 1.165) is 96.9 Å². The van der Waals surface area contributed by atoms with E-state index in [1.807, 2.05) is 11.3 Å². The molecule has 2 atom stereocenters. The zero-order valence-corrected chi connectivity index (χ0v) is 56.9. The summed E-state index contributed by atoms with van der Waals surface area (Å²) in [6, 6.07) is 101. The number of thiophene rings is 1. The summed E-state index contributed by atoms with van der Waals surface area (Å²) in [4.78, 5) is 7.92. The molecule has 2 aromatic heterocycles. The van der Waals surface area contributed by atoms with Gasteiger partial charge in [-0.25, -0.2) is 0 Å². The van der Waals surface area contributed by atoms with Crippen LogP contribution in [0.25, 0.3) is 76.5 Å². The minimum absolute atomic E-state index is 0.138. The Morgan fingerprint density at radius 2 is 1.15 bits per heavy atom. The van der Waals surface area contributed by atoms with Crippen LogP contribution in [0.5, 0.6) is 5.75 Å². The van der Waals surface area contributed by atoms with E-state index in [1.165, 1.54) is 127 Å². The van der Waals surface area contributed by atoms with Crippen LogP contribution < -0.4 is 35.1 Å². The first-order valence-corrected chi connectivity index (χ1v) is 36.5. The van der Waals surface area contributed by atoms with Gasteiger partial charge in [-0.1, -0.05) is 222 Å². The average molecular weight is 1290 g/mol. The second-order valence-electron chi connectivity index (χ2n) is 28.9. The Balaban J connectivity index is 0.930. The number of benzene rings is 12. The number of anilines is 9. The molecule has 0 N–H and O–H groups in total. The van der Waals surface area contributed by atoms with E-state index in [-0.39, 0.29) is 17.7 Å². The van der Waals surface area contributed by atoms with Gasteiger partial charge in [0.15, 0.2) is 0 Å². The van der Waals surface area contributed by atoms with Gasteiger partial charge in [-0.3, -0.25) is 0 Å². The lowest BCUT2D eigenvalue weighted by Crippen LogP contribution is -2.60. The molecular weight excluding hydrogens is 1210 g/mol. The van der Waals surface area contributed by atoms with Gasteiger partial charge in [0.2, 0.25) is 0 Å². The molecule has 2 aliphatic carbocycles. The fraction of sp³-hybridized carbons (Fsp3) is 0.187. The third-order valence-electron chi connectivity index (χ3n) is 23.1.